The van der Waals surface area contributed by atoms with Gasteiger partial charge in [-0.15, -0.1) is 0 Å². The Bertz CT molecular complexity index is 809. The van der Waals surface area contributed by atoms with Gasteiger partial charge in [0, 0.05) is 13.1 Å². The summed E-state index contributed by atoms with van der Waals surface area (Å²) >= 11 is 0. The Labute approximate surface area is 154 Å². The fraction of sp³-hybridized carbons (Fsp3) is 0.579. The SMILES string of the molecule is N#Cc1cccc(S(=O)(=O)N2C[C@@H](C(=O)O)C[C@@H](C3CCCCC3)C2)c1. The van der Waals surface area contributed by atoms with Crippen LogP contribution in [0.2, 0.25) is 0 Å². The lowest BCUT2D eigenvalue weighted by Crippen LogP contribution is -2.48. The predicted molar refractivity (Wildman–Crippen MR) is 95.7 cm³/mol. The van der Waals surface area contributed by atoms with Gasteiger partial charge in [0.05, 0.1) is 22.4 Å². The van der Waals surface area contributed by atoms with E-state index >= 15 is 0 Å². The van der Waals surface area contributed by atoms with E-state index in [1.54, 1.807) is 12.1 Å². The van der Waals surface area contributed by atoms with Gasteiger partial charge in [-0.1, -0.05) is 38.2 Å². The number of nitrogens with zero attached hydrogens (tertiary/aromatic N) is 2. The second-order valence-electron chi connectivity index (χ2n) is 7.39. The average Bonchev–Trinajstić information content (AvgIpc) is 2.68. The van der Waals surface area contributed by atoms with E-state index in [-0.39, 0.29) is 22.9 Å². The number of hydrogen-bond donors (Lipinski definition) is 1. The summed E-state index contributed by atoms with van der Waals surface area (Å²) in [6, 6.07) is 7.88. The fourth-order valence-corrected chi connectivity index (χ4v) is 5.88. The zero-order chi connectivity index (χ0) is 18.7. The minimum absolute atomic E-state index is 0.00231. The molecule has 2 aliphatic rings. The van der Waals surface area contributed by atoms with E-state index in [9.17, 15) is 18.3 Å². The van der Waals surface area contributed by atoms with Crippen molar-refractivity contribution < 1.29 is 18.3 Å². The maximum Gasteiger partial charge on any atom is 0.307 e. The van der Waals surface area contributed by atoms with Gasteiger partial charge in [-0.25, -0.2) is 8.42 Å². The molecule has 1 aromatic rings. The van der Waals surface area contributed by atoms with Gasteiger partial charge < -0.3 is 5.11 Å². The van der Waals surface area contributed by atoms with Crippen molar-refractivity contribution in [2.24, 2.45) is 17.8 Å². The van der Waals surface area contributed by atoms with Crippen molar-refractivity contribution >= 4 is 16.0 Å². The van der Waals surface area contributed by atoms with Crippen molar-refractivity contribution in [1.82, 2.24) is 4.31 Å². The lowest BCUT2D eigenvalue weighted by molar-refractivity contribution is -0.144. The monoisotopic (exact) mass is 376 g/mol. The molecule has 6 nitrogen and oxygen atoms in total. The van der Waals surface area contributed by atoms with Crippen LogP contribution in [0.1, 0.15) is 44.1 Å². The van der Waals surface area contributed by atoms with E-state index < -0.39 is 21.9 Å². The summed E-state index contributed by atoms with van der Waals surface area (Å²) < 4.78 is 27.5. The molecule has 1 saturated heterocycles. The first-order valence-corrected chi connectivity index (χ1v) is 10.6. The van der Waals surface area contributed by atoms with E-state index in [0.29, 0.717) is 18.9 Å². The summed E-state index contributed by atoms with van der Waals surface area (Å²) in [5, 5.41) is 18.6. The summed E-state index contributed by atoms with van der Waals surface area (Å²) in [4.78, 5) is 11.7. The molecule has 0 bridgehead atoms. The van der Waals surface area contributed by atoms with Gasteiger partial charge in [0.2, 0.25) is 10.0 Å². The Morgan fingerprint density at radius 1 is 1.15 bits per heavy atom. The third-order valence-corrected chi connectivity index (χ3v) is 7.54. The van der Waals surface area contributed by atoms with Crippen LogP contribution in [0, 0.1) is 29.1 Å². The Kier molecular flexibility index (Phi) is 5.64. The smallest absolute Gasteiger partial charge is 0.307 e. The molecule has 2 atom stereocenters. The van der Waals surface area contributed by atoms with E-state index in [0.717, 1.165) is 25.7 Å². The molecule has 1 heterocycles. The van der Waals surface area contributed by atoms with Crippen LogP contribution in [0.4, 0.5) is 0 Å². The van der Waals surface area contributed by atoms with Crippen molar-refractivity contribution in [1.29, 1.82) is 5.26 Å². The molecular formula is C19H24N2O4S. The van der Waals surface area contributed by atoms with Gasteiger partial charge >= 0.3 is 5.97 Å². The topological polar surface area (TPSA) is 98.5 Å². The number of benzene rings is 1. The zero-order valence-electron chi connectivity index (χ0n) is 14.7. The molecule has 1 aromatic carbocycles. The van der Waals surface area contributed by atoms with Gasteiger partial charge in [0.1, 0.15) is 0 Å². The number of carboxylic acid groups (broad SMARTS) is 1. The van der Waals surface area contributed by atoms with Crippen molar-refractivity contribution in [3.05, 3.63) is 29.8 Å². The molecule has 7 heteroatoms. The number of rotatable bonds is 4. The molecule has 1 aliphatic carbocycles. The van der Waals surface area contributed by atoms with Crippen LogP contribution in [-0.4, -0.2) is 36.9 Å². The quantitative estimate of drug-likeness (QED) is 0.871. The van der Waals surface area contributed by atoms with E-state index in [4.69, 9.17) is 5.26 Å². The predicted octanol–water partition coefficient (Wildman–Crippen LogP) is 2.85. The van der Waals surface area contributed by atoms with Crippen LogP contribution >= 0.6 is 0 Å². The summed E-state index contributed by atoms with van der Waals surface area (Å²) in [6.07, 6.45) is 6.12. The van der Waals surface area contributed by atoms with Crippen LogP contribution in [0.25, 0.3) is 0 Å². The van der Waals surface area contributed by atoms with Gasteiger partial charge in [-0.05, 0) is 36.5 Å². The molecule has 26 heavy (non-hydrogen) atoms. The number of carboxylic acids is 1. The highest BCUT2D eigenvalue weighted by Gasteiger charge is 2.40. The Morgan fingerprint density at radius 3 is 2.54 bits per heavy atom. The largest absolute Gasteiger partial charge is 0.481 e. The first kappa shape index (κ1) is 18.9. The lowest BCUT2D eigenvalue weighted by atomic mass is 9.75. The van der Waals surface area contributed by atoms with Crippen LogP contribution in [0.15, 0.2) is 29.2 Å². The van der Waals surface area contributed by atoms with Gasteiger partial charge in [0.25, 0.3) is 0 Å². The molecular weight excluding hydrogens is 352 g/mol. The van der Waals surface area contributed by atoms with Crippen molar-refractivity contribution in [2.45, 2.75) is 43.4 Å². The molecule has 2 fully saturated rings. The molecule has 0 spiro atoms. The molecule has 1 aliphatic heterocycles. The molecule has 0 unspecified atom stereocenters. The highest BCUT2D eigenvalue weighted by molar-refractivity contribution is 7.89. The number of carbonyl (C=O) groups is 1. The van der Waals surface area contributed by atoms with E-state index in [1.807, 2.05) is 6.07 Å². The normalized spacial score (nSPS) is 25.5. The van der Waals surface area contributed by atoms with Crippen LogP contribution in [-0.2, 0) is 14.8 Å². The summed E-state index contributed by atoms with van der Waals surface area (Å²) in [5.74, 6) is -1.13. The minimum Gasteiger partial charge on any atom is -0.481 e. The highest BCUT2D eigenvalue weighted by atomic mass is 32.2. The fourth-order valence-electron chi connectivity index (χ4n) is 4.29. The molecule has 0 radical (unpaired) electrons. The van der Waals surface area contributed by atoms with Crippen LogP contribution in [0.3, 0.4) is 0 Å². The van der Waals surface area contributed by atoms with Crippen LogP contribution < -0.4 is 0 Å². The Morgan fingerprint density at radius 2 is 1.88 bits per heavy atom. The minimum atomic E-state index is -3.81. The first-order chi connectivity index (χ1) is 12.4. The number of piperidine rings is 1. The molecule has 0 amide bonds. The second-order valence-corrected chi connectivity index (χ2v) is 9.33. The van der Waals surface area contributed by atoms with Gasteiger partial charge in [0.15, 0.2) is 0 Å². The molecule has 140 valence electrons. The van der Waals surface area contributed by atoms with Crippen LogP contribution in [0.5, 0.6) is 0 Å². The third-order valence-electron chi connectivity index (χ3n) is 5.72. The molecule has 1 saturated carbocycles. The van der Waals surface area contributed by atoms with Gasteiger partial charge in [-0.3, -0.25) is 4.79 Å². The van der Waals surface area contributed by atoms with E-state index in [2.05, 4.69) is 0 Å². The maximum absolute atomic E-state index is 13.1. The number of nitriles is 1. The highest BCUT2D eigenvalue weighted by Crippen LogP contribution is 2.38. The Balaban J connectivity index is 1.88. The number of hydrogen-bond acceptors (Lipinski definition) is 4. The summed E-state index contributed by atoms with van der Waals surface area (Å²) in [6.45, 7) is 0.366. The summed E-state index contributed by atoms with van der Waals surface area (Å²) in [5.41, 5.74) is 0.279. The zero-order valence-corrected chi connectivity index (χ0v) is 15.5. The van der Waals surface area contributed by atoms with Gasteiger partial charge in [-0.2, -0.15) is 9.57 Å². The average molecular weight is 376 g/mol. The first-order valence-electron chi connectivity index (χ1n) is 9.15. The molecule has 3 rings (SSSR count). The molecule has 0 aromatic heterocycles. The van der Waals surface area contributed by atoms with Crippen molar-refractivity contribution in [2.75, 3.05) is 13.1 Å². The molecule has 1 N–H and O–H groups in total. The number of sulfonamides is 1. The second kappa shape index (κ2) is 7.77. The third kappa shape index (κ3) is 3.92. The Hall–Kier alpha value is -1.91. The lowest BCUT2D eigenvalue weighted by Gasteiger charge is -2.40. The summed E-state index contributed by atoms with van der Waals surface area (Å²) in [7, 11) is -3.81. The van der Waals surface area contributed by atoms with Crippen molar-refractivity contribution in [3.8, 4) is 6.07 Å². The van der Waals surface area contributed by atoms with Crippen molar-refractivity contribution in [3.63, 3.8) is 0 Å². The number of aliphatic carboxylic acids is 1. The maximum atomic E-state index is 13.1. The van der Waals surface area contributed by atoms with E-state index in [1.165, 1.54) is 22.9 Å². The standard InChI is InChI=1S/C19H24N2O4S/c20-11-14-5-4-8-18(9-14)26(24,25)21-12-16(10-17(13-21)19(22)23)15-6-2-1-3-7-15/h4-5,8-9,15-17H,1-3,6-7,10,12-13H2,(H,22,23)/t16-,17+/m1/s1.